The Kier molecular flexibility index (Phi) is 18.4. The summed E-state index contributed by atoms with van der Waals surface area (Å²) in [6.07, 6.45) is 8.86. The maximum Gasteiger partial charge on any atom is 0.259 e. The minimum absolute atomic E-state index is 0.0586. The summed E-state index contributed by atoms with van der Waals surface area (Å²) in [5.41, 5.74) is 2.14. The van der Waals surface area contributed by atoms with E-state index in [-0.39, 0.29) is 58.5 Å². The second-order valence-electron chi connectivity index (χ2n) is 24.6. The highest BCUT2D eigenvalue weighted by atomic mass is 35.5. The normalized spacial score (nSPS) is 24.5. The topological polar surface area (TPSA) is 236 Å². The van der Waals surface area contributed by atoms with E-state index in [2.05, 4.69) is 36.4 Å². The summed E-state index contributed by atoms with van der Waals surface area (Å²) in [5.74, 6) is -0.359. The monoisotopic (exact) mass is 1290 g/mol. The predicted octanol–water partition coefficient (Wildman–Crippen LogP) is 9.53. The molecule has 7 atom stereocenters. The van der Waals surface area contributed by atoms with Gasteiger partial charge in [0.05, 0.1) is 33.2 Å². The number of rotatable bonds is 17. The number of anilines is 3. The van der Waals surface area contributed by atoms with Gasteiger partial charge in [0.1, 0.15) is 23.6 Å². The molecule has 6 aliphatic heterocycles. The van der Waals surface area contributed by atoms with Crippen molar-refractivity contribution in [3.8, 4) is 0 Å². The molecule has 0 aliphatic carbocycles. The van der Waals surface area contributed by atoms with Crippen LogP contribution in [0.25, 0.3) is 0 Å². The van der Waals surface area contributed by atoms with Crippen LogP contribution in [0.5, 0.6) is 0 Å². The van der Waals surface area contributed by atoms with Crippen molar-refractivity contribution in [3.63, 3.8) is 0 Å². The van der Waals surface area contributed by atoms with Crippen LogP contribution < -0.4 is 30.7 Å². The SMILES string of the molecule is COC1C(c2ccc(C(=O)N(c3ncc(C4(C)ON=C(c5ccc(C(=O)N(c6ncccc6Cl)[C@@H]6CCCNC6)cc5)C4=O)cc3Cl)[C@@H]3CCCNC3)cc2)=NOC1(C)Cc1cnc(N(C(=O)c2ccc(C3=NOC(C)(C)[C@@H]3OC)cc2)[C@@H]2CCCNC2)c(Cl)c1. The van der Waals surface area contributed by atoms with Gasteiger partial charge < -0.3 is 39.9 Å². The fourth-order valence-corrected chi connectivity index (χ4v) is 13.8. The number of ketones is 1. The Balaban J connectivity index is 0.725. The second kappa shape index (κ2) is 26.5. The number of Topliss-reactive ketones (excluding diaryl/α,β-unsaturated/α-hetero) is 1. The second-order valence-corrected chi connectivity index (χ2v) is 25.8. The van der Waals surface area contributed by atoms with Gasteiger partial charge in [0.25, 0.3) is 17.7 Å². The largest absolute Gasteiger partial charge is 0.386 e. The number of carbonyl (C=O) groups is 4. The molecule has 21 nitrogen and oxygen atoms in total. The van der Waals surface area contributed by atoms with Gasteiger partial charge in [-0.2, -0.15) is 0 Å². The Morgan fingerprint density at radius 2 is 1.02 bits per heavy atom. The zero-order valence-electron chi connectivity index (χ0n) is 51.4. The fraction of sp³-hybridized carbons (Fsp3) is 0.403. The smallest absolute Gasteiger partial charge is 0.259 e. The quantitative estimate of drug-likeness (QED) is 0.0771. The van der Waals surface area contributed by atoms with Crippen molar-refractivity contribution in [2.24, 2.45) is 15.5 Å². The number of methoxy groups -OCH3 is 2. The highest BCUT2D eigenvalue weighted by Gasteiger charge is 2.49. The number of amides is 3. The zero-order chi connectivity index (χ0) is 63.8. The van der Waals surface area contributed by atoms with E-state index in [1.165, 1.54) is 6.20 Å². The molecule has 3 amide bonds. The van der Waals surface area contributed by atoms with E-state index in [0.29, 0.717) is 99.0 Å². The van der Waals surface area contributed by atoms with Crippen LogP contribution >= 0.6 is 34.8 Å². The third kappa shape index (κ3) is 12.5. The molecule has 3 aromatic heterocycles. The van der Waals surface area contributed by atoms with Crippen molar-refractivity contribution in [1.82, 2.24) is 30.9 Å². The molecule has 3 fully saturated rings. The number of carbonyl (C=O) groups excluding carboxylic acids is 4. The van der Waals surface area contributed by atoms with Gasteiger partial charge in [0.15, 0.2) is 34.4 Å². The highest BCUT2D eigenvalue weighted by Crippen LogP contribution is 2.40. The number of piperidine rings is 3. The van der Waals surface area contributed by atoms with Crippen LogP contribution in [-0.4, -0.2) is 151 Å². The Morgan fingerprint density at radius 3 is 1.48 bits per heavy atom. The first kappa shape index (κ1) is 63.4. The minimum atomic E-state index is -1.62. The lowest BCUT2D eigenvalue weighted by molar-refractivity contribution is -0.131. The number of oxime groups is 3. The molecular weight excluding hydrogens is 1220 g/mol. The number of ether oxygens (including phenoxy) is 2. The molecule has 0 bridgehead atoms. The molecule has 474 valence electrons. The van der Waals surface area contributed by atoms with E-state index < -0.39 is 28.7 Å². The average molecular weight is 1290 g/mol. The molecule has 9 heterocycles. The van der Waals surface area contributed by atoms with Crippen molar-refractivity contribution in [2.45, 2.75) is 120 Å². The third-order valence-corrected chi connectivity index (χ3v) is 18.8. The van der Waals surface area contributed by atoms with Crippen LogP contribution in [0, 0.1) is 0 Å². The first-order chi connectivity index (χ1) is 43.9. The molecule has 91 heavy (non-hydrogen) atoms. The van der Waals surface area contributed by atoms with Crippen molar-refractivity contribution in [3.05, 3.63) is 175 Å². The number of hydrogen-bond acceptors (Lipinski definition) is 18. The van der Waals surface area contributed by atoms with E-state index in [4.69, 9.17) is 68.8 Å². The molecule has 3 N–H and O–H groups in total. The molecule has 0 saturated carbocycles. The van der Waals surface area contributed by atoms with E-state index in [0.717, 1.165) is 62.9 Å². The van der Waals surface area contributed by atoms with Gasteiger partial charge in [0.2, 0.25) is 11.4 Å². The van der Waals surface area contributed by atoms with Gasteiger partial charge in [-0.1, -0.05) is 86.7 Å². The molecule has 3 unspecified atom stereocenters. The molecule has 6 aliphatic rings. The zero-order valence-corrected chi connectivity index (χ0v) is 53.6. The minimum Gasteiger partial charge on any atom is -0.386 e. The first-order valence-corrected chi connectivity index (χ1v) is 31.8. The number of halogens is 3. The van der Waals surface area contributed by atoms with E-state index in [1.807, 2.05) is 39.0 Å². The summed E-state index contributed by atoms with van der Waals surface area (Å²) >= 11 is 20.9. The standard InChI is InChI=1S/C67H71Cl3N12O9/c1-65(2)57(87-5)54(78-89-65)41-17-23-44(24-18-41)63(85)81(48-12-8-28-72-37-48)60-51(69)31-39(34-75-60)33-66(3)58(88-6)55(79-90-66)42-19-25-45(26-20-42)64(86)82(49-13-9-29-73-38-49)61-52(70)32-46(35-76-61)67(4)56(83)53(77-91-67)40-15-21-43(22-16-40)62(84)80(47-11-7-27-71-36-47)59-50(68)14-10-30-74-59/h10,14-26,30-32,34-35,47-49,57-58,71-73H,7-9,11-13,27-29,33,36-38H2,1-6H3/t47-,48-,49-,57-,58?,66?,67?/m1/s1. The van der Waals surface area contributed by atoms with Crippen LogP contribution in [0.15, 0.2) is 131 Å². The Morgan fingerprint density at radius 1 is 0.560 bits per heavy atom. The lowest BCUT2D eigenvalue weighted by Crippen LogP contribution is -2.49. The number of nitrogens with zero attached hydrogens (tertiary/aromatic N) is 9. The summed E-state index contributed by atoms with van der Waals surface area (Å²) in [6.45, 7) is 11.5. The summed E-state index contributed by atoms with van der Waals surface area (Å²) in [6, 6.07) is 27.1. The summed E-state index contributed by atoms with van der Waals surface area (Å²) in [7, 11) is 3.21. The lowest BCUT2D eigenvalue weighted by Gasteiger charge is -2.35. The van der Waals surface area contributed by atoms with Gasteiger partial charge in [0, 0.05) is 97.8 Å². The number of pyridine rings is 3. The van der Waals surface area contributed by atoms with E-state index in [1.54, 1.807) is 127 Å². The summed E-state index contributed by atoms with van der Waals surface area (Å²) in [5, 5.41) is 24.1. The van der Waals surface area contributed by atoms with Crippen LogP contribution in [0.4, 0.5) is 17.5 Å². The third-order valence-electron chi connectivity index (χ3n) is 17.9. The molecule has 12 rings (SSSR count). The first-order valence-electron chi connectivity index (χ1n) is 30.6. The lowest BCUT2D eigenvalue weighted by atomic mass is 9.87. The number of benzene rings is 3. The Labute approximate surface area is 542 Å². The van der Waals surface area contributed by atoms with Crippen LogP contribution in [0.1, 0.15) is 125 Å². The molecule has 0 spiro atoms. The maximum atomic E-state index is 14.9. The van der Waals surface area contributed by atoms with Crippen molar-refractivity contribution in [1.29, 1.82) is 0 Å². The van der Waals surface area contributed by atoms with E-state index in [9.17, 15) is 19.2 Å². The van der Waals surface area contributed by atoms with Gasteiger partial charge in [-0.25, -0.2) is 15.0 Å². The van der Waals surface area contributed by atoms with Gasteiger partial charge >= 0.3 is 0 Å². The van der Waals surface area contributed by atoms with Crippen LogP contribution in [0.2, 0.25) is 15.1 Å². The van der Waals surface area contributed by atoms with Gasteiger partial charge in [-0.15, -0.1) is 0 Å². The van der Waals surface area contributed by atoms with Crippen LogP contribution in [-0.2, 0) is 40.8 Å². The van der Waals surface area contributed by atoms with E-state index >= 15 is 0 Å². The van der Waals surface area contributed by atoms with Gasteiger partial charge in [-0.3, -0.25) is 33.9 Å². The Hall–Kier alpha value is -7.73. The summed E-state index contributed by atoms with van der Waals surface area (Å²) in [4.78, 5) is 95.0. The van der Waals surface area contributed by atoms with Gasteiger partial charge in [-0.05, 0) is 152 Å². The van der Waals surface area contributed by atoms with Crippen LogP contribution in [0.3, 0.4) is 0 Å². The van der Waals surface area contributed by atoms with Crippen molar-refractivity contribution < 1.29 is 43.2 Å². The molecule has 0 radical (unpaired) electrons. The molecular formula is C67H71Cl3N12O9. The van der Waals surface area contributed by atoms with Crippen molar-refractivity contribution >= 4 is 92.9 Å². The Bertz CT molecular complexity index is 3840. The number of nitrogens with one attached hydrogen (secondary N) is 3. The fourth-order valence-electron chi connectivity index (χ4n) is 13.0. The van der Waals surface area contributed by atoms with Crippen molar-refractivity contribution in [2.75, 3.05) is 68.2 Å². The average Bonchev–Trinajstić information content (AvgIpc) is 1.75. The highest BCUT2D eigenvalue weighted by molar-refractivity contribution is 6.49. The predicted molar refractivity (Wildman–Crippen MR) is 348 cm³/mol. The summed E-state index contributed by atoms with van der Waals surface area (Å²) < 4.78 is 11.9. The maximum absolute atomic E-state index is 14.9. The molecule has 3 saturated heterocycles. The number of aromatic nitrogens is 3. The molecule has 6 aromatic rings. The molecule has 24 heteroatoms. The molecule has 3 aromatic carbocycles. The number of hydrogen-bond donors (Lipinski definition) is 3.